The SMILES string of the molecule is COC(=O)c1ccsc1NC(=O)N1CCN(C(c2ccccc2)c2ccccc2)CC1. The molecule has 2 aromatic carbocycles. The second-order valence-corrected chi connectivity index (χ2v) is 8.25. The van der Waals surface area contributed by atoms with Crippen LogP contribution < -0.4 is 5.32 Å². The van der Waals surface area contributed by atoms with Crippen LogP contribution in [0.4, 0.5) is 9.80 Å². The van der Waals surface area contributed by atoms with E-state index in [2.05, 4.69) is 58.7 Å². The molecular weight excluding hydrogens is 410 g/mol. The van der Waals surface area contributed by atoms with E-state index in [1.807, 2.05) is 12.1 Å². The molecule has 1 fully saturated rings. The number of carbonyl (C=O) groups excluding carboxylic acids is 2. The molecule has 31 heavy (non-hydrogen) atoms. The molecule has 1 aromatic heterocycles. The van der Waals surface area contributed by atoms with Crippen LogP contribution in [0, 0.1) is 0 Å². The lowest BCUT2D eigenvalue weighted by Gasteiger charge is -2.39. The molecule has 1 aliphatic rings. The van der Waals surface area contributed by atoms with Crippen LogP contribution in [-0.4, -0.2) is 55.1 Å². The molecule has 0 spiro atoms. The Kier molecular flexibility index (Phi) is 6.64. The number of urea groups is 1. The maximum absolute atomic E-state index is 12.8. The molecule has 0 atom stereocenters. The number of hydrogen-bond donors (Lipinski definition) is 1. The Morgan fingerprint density at radius 3 is 2.03 bits per heavy atom. The van der Waals surface area contributed by atoms with Crippen LogP contribution >= 0.6 is 11.3 Å². The number of amides is 2. The van der Waals surface area contributed by atoms with E-state index in [9.17, 15) is 9.59 Å². The molecule has 1 saturated heterocycles. The van der Waals surface area contributed by atoms with Gasteiger partial charge in [0.15, 0.2) is 0 Å². The molecule has 160 valence electrons. The molecule has 0 saturated carbocycles. The van der Waals surface area contributed by atoms with E-state index in [4.69, 9.17) is 4.74 Å². The van der Waals surface area contributed by atoms with Crippen molar-refractivity contribution in [1.82, 2.24) is 9.80 Å². The minimum atomic E-state index is -0.449. The Labute approximate surface area is 186 Å². The fraction of sp³-hybridized carbons (Fsp3) is 0.250. The van der Waals surface area contributed by atoms with Gasteiger partial charge in [0.1, 0.15) is 5.00 Å². The lowest BCUT2D eigenvalue weighted by atomic mass is 9.96. The summed E-state index contributed by atoms with van der Waals surface area (Å²) in [4.78, 5) is 28.9. The third-order valence-corrected chi connectivity index (χ3v) is 6.32. The summed E-state index contributed by atoms with van der Waals surface area (Å²) in [5.74, 6) is -0.449. The zero-order valence-corrected chi connectivity index (χ0v) is 18.2. The average Bonchev–Trinajstić information content (AvgIpc) is 3.28. The summed E-state index contributed by atoms with van der Waals surface area (Å²) in [6.45, 7) is 2.74. The highest BCUT2D eigenvalue weighted by Gasteiger charge is 2.28. The van der Waals surface area contributed by atoms with Crippen LogP contribution in [0.2, 0.25) is 0 Å². The molecule has 2 amide bonds. The van der Waals surface area contributed by atoms with Crippen LogP contribution in [0.5, 0.6) is 0 Å². The lowest BCUT2D eigenvalue weighted by molar-refractivity contribution is 0.0602. The number of ether oxygens (including phenoxy) is 1. The van der Waals surface area contributed by atoms with Gasteiger partial charge >= 0.3 is 12.0 Å². The van der Waals surface area contributed by atoms with Crippen LogP contribution in [0.1, 0.15) is 27.5 Å². The fourth-order valence-corrected chi connectivity index (χ4v) is 4.69. The standard InChI is InChI=1S/C24H25N3O3S/c1-30-23(28)20-12-17-31-22(20)25-24(29)27-15-13-26(14-16-27)21(18-8-4-2-5-9-18)19-10-6-3-7-11-19/h2-12,17,21H,13-16H2,1H3,(H,25,29). The summed E-state index contributed by atoms with van der Waals surface area (Å²) < 4.78 is 4.78. The van der Waals surface area contributed by atoms with Gasteiger partial charge in [0, 0.05) is 26.2 Å². The van der Waals surface area contributed by atoms with Gasteiger partial charge in [-0.25, -0.2) is 9.59 Å². The number of carbonyl (C=O) groups is 2. The molecule has 0 unspecified atom stereocenters. The second-order valence-electron chi connectivity index (χ2n) is 7.33. The number of esters is 1. The van der Waals surface area contributed by atoms with E-state index in [0.717, 1.165) is 13.1 Å². The minimum Gasteiger partial charge on any atom is -0.465 e. The first-order valence-electron chi connectivity index (χ1n) is 10.2. The van der Waals surface area contributed by atoms with Crippen molar-refractivity contribution in [1.29, 1.82) is 0 Å². The Morgan fingerprint density at radius 2 is 1.48 bits per heavy atom. The van der Waals surface area contributed by atoms with Gasteiger partial charge in [0.2, 0.25) is 0 Å². The Balaban J connectivity index is 1.44. The molecule has 3 aromatic rings. The summed E-state index contributed by atoms with van der Waals surface area (Å²) >= 11 is 1.32. The highest BCUT2D eigenvalue weighted by Crippen LogP contribution is 2.30. The molecular formula is C24H25N3O3S. The number of rotatable bonds is 5. The van der Waals surface area contributed by atoms with Crippen molar-refractivity contribution < 1.29 is 14.3 Å². The van der Waals surface area contributed by atoms with E-state index < -0.39 is 5.97 Å². The van der Waals surface area contributed by atoms with E-state index >= 15 is 0 Å². The van der Waals surface area contributed by atoms with Gasteiger partial charge in [0.25, 0.3) is 0 Å². The predicted octanol–water partition coefficient (Wildman–Crippen LogP) is 4.47. The molecule has 1 N–H and O–H groups in total. The lowest BCUT2D eigenvalue weighted by Crippen LogP contribution is -2.51. The number of anilines is 1. The number of hydrogen-bond acceptors (Lipinski definition) is 5. The molecule has 0 radical (unpaired) electrons. The van der Waals surface area contributed by atoms with Gasteiger partial charge in [-0.1, -0.05) is 60.7 Å². The van der Waals surface area contributed by atoms with Gasteiger partial charge in [-0.2, -0.15) is 0 Å². The van der Waals surface area contributed by atoms with Gasteiger partial charge in [-0.15, -0.1) is 11.3 Å². The second kappa shape index (κ2) is 9.76. The fourth-order valence-electron chi connectivity index (χ4n) is 3.92. The monoisotopic (exact) mass is 435 g/mol. The molecule has 7 heteroatoms. The zero-order valence-electron chi connectivity index (χ0n) is 17.4. The smallest absolute Gasteiger partial charge is 0.340 e. The summed E-state index contributed by atoms with van der Waals surface area (Å²) in [6, 6.07) is 22.6. The highest BCUT2D eigenvalue weighted by molar-refractivity contribution is 7.14. The zero-order chi connectivity index (χ0) is 21.6. The number of methoxy groups -OCH3 is 1. The van der Waals surface area contributed by atoms with Crippen molar-refractivity contribution >= 4 is 28.3 Å². The number of nitrogens with one attached hydrogen (secondary N) is 1. The third kappa shape index (κ3) is 4.78. The Hall–Kier alpha value is -3.16. The Bertz CT molecular complexity index is 975. The van der Waals surface area contributed by atoms with E-state index in [-0.39, 0.29) is 12.1 Å². The minimum absolute atomic E-state index is 0.149. The third-order valence-electron chi connectivity index (χ3n) is 5.49. The van der Waals surface area contributed by atoms with Crippen molar-refractivity contribution in [2.45, 2.75) is 6.04 Å². The van der Waals surface area contributed by atoms with E-state index in [1.54, 1.807) is 16.3 Å². The first kappa shape index (κ1) is 21.1. The van der Waals surface area contributed by atoms with Crippen molar-refractivity contribution in [2.75, 3.05) is 38.6 Å². The normalized spacial score (nSPS) is 14.5. The molecule has 6 nitrogen and oxygen atoms in total. The number of thiophene rings is 1. The van der Waals surface area contributed by atoms with Crippen LogP contribution in [0.25, 0.3) is 0 Å². The van der Waals surface area contributed by atoms with Crippen LogP contribution in [0.3, 0.4) is 0 Å². The summed E-state index contributed by atoms with van der Waals surface area (Å²) in [7, 11) is 1.33. The van der Waals surface area contributed by atoms with Crippen molar-refractivity contribution in [3.8, 4) is 0 Å². The summed E-state index contributed by atoms with van der Waals surface area (Å²) in [5, 5.41) is 5.16. The topological polar surface area (TPSA) is 61.9 Å². The first-order valence-corrected chi connectivity index (χ1v) is 11.1. The summed E-state index contributed by atoms with van der Waals surface area (Å²) in [5.41, 5.74) is 2.87. The van der Waals surface area contributed by atoms with E-state index in [0.29, 0.717) is 23.7 Å². The first-order chi connectivity index (χ1) is 15.2. The van der Waals surface area contributed by atoms with Gasteiger partial charge in [-0.05, 0) is 22.6 Å². The Morgan fingerprint density at radius 1 is 0.903 bits per heavy atom. The molecule has 4 rings (SSSR count). The van der Waals surface area contributed by atoms with Crippen molar-refractivity contribution in [3.63, 3.8) is 0 Å². The quantitative estimate of drug-likeness (QED) is 0.601. The van der Waals surface area contributed by atoms with Crippen molar-refractivity contribution in [2.24, 2.45) is 0 Å². The number of benzene rings is 2. The maximum Gasteiger partial charge on any atom is 0.340 e. The predicted molar refractivity (Wildman–Crippen MR) is 123 cm³/mol. The highest BCUT2D eigenvalue weighted by atomic mass is 32.1. The van der Waals surface area contributed by atoms with Gasteiger partial charge < -0.3 is 9.64 Å². The molecule has 0 bridgehead atoms. The van der Waals surface area contributed by atoms with E-state index in [1.165, 1.54) is 29.6 Å². The molecule has 0 aliphatic carbocycles. The average molecular weight is 436 g/mol. The number of piperazine rings is 1. The summed E-state index contributed by atoms with van der Waals surface area (Å²) in [6.07, 6.45) is 0. The van der Waals surface area contributed by atoms with Crippen LogP contribution in [-0.2, 0) is 4.74 Å². The largest absolute Gasteiger partial charge is 0.465 e. The molecule has 2 heterocycles. The van der Waals surface area contributed by atoms with Crippen LogP contribution in [0.15, 0.2) is 72.1 Å². The maximum atomic E-state index is 12.8. The number of nitrogens with zero attached hydrogens (tertiary/aromatic N) is 2. The van der Waals surface area contributed by atoms with Gasteiger partial charge in [-0.3, -0.25) is 10.2 Å². The van der Waals surface area contributed by atoms with Gasteiger partial charge in [0.05, 0.1) is 18.7 Å². The molecule has 1 aliphatic heterocycles. The van der Waals surface area contributed by atoms with Crippen molar-refractivity contribution in [3.05, 3.63) is 88.8 Å².